The number of hydrogen-bond donors (Lipinski definition) is 1. The normalized spacial score (nSPS) is 12.5. The minimum Gasteiger partial charge on any atom is -0.302 e. The maximum Gasteiger partial charge on any atom is 0.257 e. The number of nitrogens with zero attached hydrogens (tertiary/aromatic N) is 2. The first-order chi connectivity index (χ1) is 7.80. The molecule has 2 N–H and O–H groups in total. The number of imidazole rings is 1. The smallest absolute Gasteiger partial charge is 0.257 e. The molecule has 0 spiro atoms. The van der Waals surface area contributed by atoms with E-state index in [4.69, 9.17) is 5.14 Å². The maximum atomic E-state index is 11.5. The average molecular weight is 253 g/mol. The zero-order valence-corrected chi connectivity index (χ0v) is 10.8. The van der Waals surface area contributed by atoms with Crippen LogP contribution in [0.3, 0.4) is 0 Å². The topological polar surface area (TPSA) is 77.5 Å². The summed E-state index contributed by atoms with van der Waals surface area (Å²) in [6, 6.07) is 3.69. The molecule has 92 valence electrons. The summed E-state index contributed by atoms with van der Waals surface area (Å²) < 4.78 is 24.8. The predicted octanol–water partition coefficient (Wildman–Crippen LogP) is 1.41. The van der Waals surface area contributed by atoms with Gasteiger partial charge < -0.3 is 4.40 Å². The number of rotatable bonds is 2. The molecule has 0 aromatic carbocycles. The van der Waals surface area contributed by atoms with E-state index in [2.05, 4.69) is 4.98 Å². The van der Waals surface area contributed by atoms with Gasteiger partial charge in [0.15, 0.2) is 5.03 Å². The zero-order valence-electron chi connectivity index (χ0n) is 10.0. The third-order valence-corrected chi connectivity index (χ3v) is 3.42. The van der Waals surface area contributed by atoms with E-state index in [1.807, 2.05) is 33.0 Å². The van der Waals surface area contributed by atoms with Crippen molar-refractivity contribution >= 4 is 15.5 Å². The second-order valence-electron chi connectivity index (χ2n) is 4.43. The fraction of sp³-hybridized carbons (Fsp3) is 0.364. The third-order valence-electron chi connectivity index (χ3n) is 2.58. The molecule has 0 fully saturated rings. The molecule has 2 rings (SSSR count). The molecule has 0 radical (unpaired) electrons. The van der Waals surface area contributed by atoms with Gasteiger partial charge in [-0.05, 0) is 24.6 Å². The SMILES string of the molecule is Cc1ccn2c(C(C)C)nc(S(N)(=O)=O)c2c1. The molecule has 6 heteroatoms. The lowest BCUT2D eigenvalue weighted by Crippen LogP contribution is -2.13. The molecule has 0 unspecified atom stereocenters. The standard InChI is InChI=1S/C11H15N3O2S/c1-7(2)10-13-11(17(12,15)16)9-6-8(3)4-5-14(9)10/h4-7H,1-3H3,(H2,12,15,16). The van der Waals surface area contributed by atoms with Crippen LogP contribution in [-0.4, -0.2) is 17.8 Å². The van der Waals surface area contributed by atoms with E-state index in [9.17, 15) is 8.42 Å². The number of sulfonamides is 1. The van der Waals surface area contributed by atoms with E-state index in [1.165, 1.54) is 0 Å². The van der Waals surface area contributed by atoms with Gasteiger partial charge in [0.25, 0.3) is 10.0 Å². The highest BCUT2D eigenvalue weighted by Crippen LogP contribution is 2.22. The highest BCUT2D eigenvalue weighted by Gasteiger charge is 2.20. The molecule has 0 aliphatic carbocycles. The summed E-state index contributed by atoms with van der Waals surface area (Å²) in [6.07, 6.45) is 1.82. The maximum absolute atomic E-state index is 11.5. The van der Waals surface area contributed by atoms with Gasteiger partial charge in [0.1, 0.15) is 5.82 Å². The molecule has 2 aromatic heterocycles. The van der Waals surface area contributed by atoms with E-state index in [0.29, 0.717) is 11.3 Å². The summed E-state index contributed by atoms with van der Waals surface area (Å²) in [7, 11) is -3.79. The van der Waals surface area contributed by atoms with Crippen LogP contribution in [0.2, 0.25) is 0 Å². The van der Waals surface area contributed by atoms with Crippen molar-refractivity contribution < 1.29 is 8.42 Å². The number of pyridine rings is 1. The summed E-state index contributed by atoms with van der Waals surface area (Å²) in [5.74, 6) is 0.824. The molecule has 0 aliphatic rings. The van der Waals surface area contributed by atoms with Gasteiger partial charge in [-0.25, -0.2) is 18.5 Å². The van der Waals surface area contributed by atoms with Crippen molar-refractivity contribution in [3.05, 3.63) is 29.7 Å². The molecule has 0 atom stereocenters. The van der Waals surface area contributed by atoms with Crippen LogP contribution in [0.1, 0.15) is 31.2 Å². The van der Waals surface area contributed by atoms with Crippen LogP contribution in [0.5, 0.6) is 0 Å². The van der Waals surface area contributed by atoms with Crippen LogP contribution in [0.4, 0.5) is 0 Å². The molecule has 0 aliphatic heterocycles. The molecule has 17 heavy (non-hydrogen) atoms. The summed E-state index contributed by atoms with van der Waals surface area (Å²) in [4.78, 5) is 4.15. The predicted molar refractivity (Wildman–Crippen MR) is 65.4 cm³/mol. The molecule has 2 heterocycles. The summed E-state index contributed by atoms with van der Waals surface area (Å²) in [5, 5.41) is 5.13. The Kier molecular flexibility index (Phi) is 2.71. The van der Waals surface area contributed by atoms with Crippen molar-refractivity contribution in [2.75, 3.05) is 0 Å². The van der Waals surface area contributed by atoms with E-state index < -0.39 is 10.0 Å². The van der Waals surface area contributed by atoms with Crippen LogP contribution in [0.15, 0.2) is 23.4 Å². The largest absolute Gasteiger partial charge is 0.302 e. The fourth-order valence-electron chi connectivity index (χ4n) is 1.80. The number of aromatic nitrogens is 2. The van der Waals surface area contributed by atoms with E-state index in [-0.39, 0.29) is 10.9 Å². The van der Waals surface area contributed by atoms with Crippen molar-refractivity contribution in [3.63, 3.8) is 0 Å². The van der Waals surface area contributed by atoms with Crippen LogP contribution < -0.4 is 5.14 Å². The Morgan fingerprint density at radius 2 is 2.06 bits per heavy atom. The highest BCUT2D eigenvalue weighted by molar-refractivity contribution is 7.89. The Bertz CT molecular complexity index is 671. The second-order valence-corrected chi connectivity index (χ2v) is 5.91. The van der Waals surface area contributed by atoms with Crippen LogP contribution in [0.25, 0.3) is 5.52 Å². The minimum absolute atomic E-state index is 0.0510. The zero-order chi connectivity index (χ0) is 12.8. The van der Waals surface area contributed by atoms with Crippen LogP contribution in [-0.2, 0) is 10.0 Å². The van der Waals surface area contributed by atoms with Crippen molar-refractivity contribution in [3.8, 4) is 0 Å². The molecular formula is C11H15N3O2S. The molecule has 0 amide bonds. The van der Waals surface area contributed by atoms with Gasteiger partial charge in [-0.15, -0.1) is 0 Å². The average Bonchev–Trinajstić information content (AvgIpc) is 2.55. The lowest BCUT2D eigenvalue weighted by atomic mass is 10.2. The lowest BCUT2D eigenvalue weighted by molar-refractivity contribution is 0.595. The number of hydrogen-bond acceptors (Lipinski definition) is 3. The highest BCUT2D eigenvalue weighted by atomic mass is 32.2. The number of primary sulfonamides is 1. The Labute approximate surface area is 100 Å². The monoisotopic (exact) mass is 253 g/mol. The van der Waals surface area contributed by atoms with Crippen LogP contribution >= 0.6 is 0 Å². The molecule has 2 aromatic rings. The number of fused-ring (bicyclic) bond motifs is 1. The van der Waals surface area contributed by atoms with Gasteiger partial charge >= 0.3 is 0 Å². The molecule has 5 nitrogen and oxygen atoms in total. The quantitative estimate of drug-likeness (QED) is 0.879. The van der Waals surface area contributed by atoms with Crippen LogP contribution in [0, 0.1) is 6.92 Å². The second kappa shape index (κ2) is 3.82. The van der Waals surface area contributed by atoms with Gasteiger partial charge in [0, 0.05) is 12.1 Å². The molecule has 0 saturated carbocycles. The van der Waals surface area contributed by atoms with E-state index >= 15 is 0 Å². The van der Waals surface area contributed by atoms with Gasteiger partial charge in [0.05, 0.1) is 5.52 Å². The first-order valence-electron chi connectivity index (χ1n) is 5.32. The number of nitrogens with two attached hydrogens (primary N) is 1. The minimum atomic E-state index is -3.79. The van der Waals surface area contributed by atoms with Gasteiger partial charge in [-0.3, -0.25) is 0 Å². The van der Waals surface area contributed by atoms with Gasteiger partial charge in [-0.1, -0.05) is 13.8 Å². The summed E-state index contributed by atoms with van der Waals surface area (Å²) >= 11 is 0. The first-order valence-corrected chi connectivity index (χ1v) is 6.86. The molecule has 0 bridgehead atoms. The first kappa shape index (κ1) is 12.1. The fourth-order valence-corrected chi connectivity index (χ4v) is 2.47. The van der Waals surface area contributed by atoms with E-state index in [1.54, 1.807) is 10.5 Å². The van der Waals surface area contributed by atoms with Crippen molar-refractivity contribution in [2.24, 2.45) is 5.14 Å². The Balaban J connectivity index is 2.90. The Morgan fingerprint density at radius 1 is 1.41 bits per heavy atom. The summed E-state index contributed by atoms with van der Waals surface area (Å²) in [5.41, 5.74) is 1.51. The van der Waals surface area contributed by atoms with Crippen molar-refractivity contribution in [1.82, 2.24) is 9.38 Å². The Morgan fingerprint density at radius 3 is 2.59 bits per heavy atom. The van der Waals surface area contributed by atoms with E-state index in [0.717, 1.165) is 5.56 Å². The van der Waals surface area contributed by atoms with Crippen molar-refractivity contribution in [1.29, 1.82) is 0 Å². The van der Waals surface area contributed by atoms with Gasteiger partial charge in [0.2, 0.25) is 0 Å². The van der Waals surface area contributed by atoms with Gasteiger partial charge in [-0.2, -0.15) is 0 Å². The lowest BCUT2D eigenvalue weighted by Gasteiger charge is -2.03. The molecule has 0 saturated heterocycles. The third kappa shape index (κ3) is 2.05. The Hall–Kier alpha value is -1.40. The summed E-state index contributed by atoms with van der Waals surface area (Å²) in [6.45, 7) is 5.82. The van der Waals surface area contributed by atoms with Crippen molar-refractivity contribution in [2.45, 2.75) is 31.7 Å². The number of aryl methyl sites for hydroxylation is 1. The molecular weight excluding hydrogens is 238 g/mol.